The largest absolute Gasteiger partial charge is 0.401 e. The van der Waals surface area contributed by atoms with Gasteiger partial charge in [-0.15, -0.1) is 0 Å². The number of benzene rings is 2. The molecule has 0 radical (unpaired) electrons. The van der Waals surface area contributed by atoms with Gasteiger partial charge in [0.15, 0.2) is 5.82 Å². The van der Waals surface area contributed by atoms with Crippen LogP contribution in [0.2, 0.25) is 0 Å². The van der Waals surface area contributed by atoms with Gasteiger partial charge in [-0.25, -0.2) is 13.8 Å². The van der Waals surface area contributed by atoms with Crippen LogP contribution in [0.25, 0.3) is 5.69 Å². The van der Waals surface area contributed by atoms with E-state index in [1.54, 1.807) is 12.5 Å². The van der Waals surface area contributed by atoms with Crippen LogP contribution in [-0.2, 0) is 24.2 Å². The number of aryl methyl sites for hydroxylation is 1. The summed E-state index contributed by atoms with van der Waals surface area (Å²) in [4.78, 5) is 18.9. The molecule has 0 spiro atoms. The van der Waals surface area contributed by atoms with Crippen LogP contribution in [0, 0.1) is 11.6 Å². The normalized spacial score (nSPS) is 16.4. The van der Waals surface area contributed by atoms with Gasteiger partial charge in [0.05, 0.1) is 24.5 Å². The highest BCUT2D eigenvalue weighted by atomic mass is 19.4. The van der Waals surface area contributed by atoms with Gasteiger partial charge in [-0.1, -0.05) is 38.5 Å². The molecule has 0 saturated carbocycles. The molecule has 1 saturated heterocycles. The Kier molecular flexibility index (Phi) is 11.9. The second-order valence-electron chi connectivity index (χ2n) is 11.3. The summed E-state index contributed by atoms with van der Waals surface area (Å²) in [7, 11) is 0. The monoisotopic (exact) mass is 620 g/mol. The minimum absolute atomic E-state index is 0.0326. The topological polar surface area (TPSA) is 74.2 Å². The number of aromatic nitrogens is 2. The third-order valence-electron chi connectivity index (χ3n) is 7.87. The molecule has 2 aromatic carbocycles. The summed E-state index contributed by atoms with van der Waals surface area (Å²) in [5.74, 6) is -0.943. The van der Waals surface area contributed by atoms with Crippen molar-refractivity contribution in [3.63, 3.8) is 0 Å². The van der Waals surface area contributed by atoms with Gasteiger partial charge >= 0.3 is 6.18 Å². The fourth-order valence-corrected chi connectivity index (χ4v) is 5.74. The van der Waals surface area contributed by atoms with Crippen molar-refractivity contribution < 1.29 is 26.7 Å². The Morgan fingerprint density at radius 3 is 2.68 bits per heavy atom. The van der Waals surface area contributed by atoms with Gasteiger partial charge in [-0.05, 0) is 67.5 Å². The van der Waals surface area contributed by atoms with Crippen LogP contribution in [0.5, 0.6) is 0 Å². The molecule has 1 aliphatic heterocycles. The molecule has 1 aromatic heterocycles. The molecule has 0 aliphatic carbocycles. The van der Waals surface area contributed by atoms with E-state index in [4.69, 9.17) is 0 Å². The molecule has 3 N–H and O–H groups in total. The number of para-hydroxylation sites is 1. The average molecular weight is 621 g/mol. The predicted molar refractivity (Wildman–Crippen MR) is 161 cm³/mol. The van der Waals surface area contributed by atoms with Crippen LogP contribution in [0.15, 0.2) is 48.9 Å². The maximum absolute atomic E-state index is 14.1. The fraction of sp³-hybridized carbons (Fsp3) is 0.500. The highest BCUT2D eigenvalue weighted by Gasteiger charge is 2.34. The second kappa shape index (κ2) is 15.6. The van der Waals surface area contributed by atoms with Crippen molar-refractivity contribution in [1.82, 2.24) is 25.1 Å². The zero-order valence-corrected chi connectivity index (χ0v) is 25.2. The Morgan fingerprint density at radius 2 is 1.93 bits per heavy atom. The Morgan fingerprint density at radius 1 is 1.14 bits per heavy atom. The molecule has 240 valence electrons. The number of hydrogen-bond acceptors (Lipinski definition) is 5. The summed E-state index contributed by atoms with van der Waals surface area (Å²) in [5.41, 5.74) is 2.97. The number of nitrogens with one attached hydrogen (secondary N) is 3. The van der Waals surface area contributed by atoms with Gasteiger partial charge < -0.3 is 20.5 Å². The molecule has 44 heavy (non-hydrogen) atoms. The van der Waals surface area contributed by atoms with E-state index in [0.29, 0.717) is 75.2 Å². The standard InChI is InChI=1S/C32H41F5N6O/c1-3-8-28(38-13-7-10-22-15-24(33)16-27(34)26(22)4-2)31(44)41-30-19-43(21-40-30)29-11-6-5-9-23(29)17-39-25-12-14-42(18-25)20-32(35,36)37/h5-6,9,11,15-16,19,21,25,28,38-39H,3-4,7-8,10,12-14,17-18,20H2,1-2H3,(H,41,44)/t25?,28-/m0/s1. The van der Waals surface area contributed by atoms with E-state index in [0.717, 1.165) is 23.7 Å². The number of carbonyl (C=O) groups is 1. The Labute approximate surface area is 255 Å². The van der Waals surface area contributed by atoms with Crippen molar-refractivity contribution in [1.29, 1.82) is 0 Å². The molecule has 1 amide bonds. The van der Waals surface area contributed by atoms with Gasteiger partial charge in [0.2, 0.25) is 5.91 Å². The van der Waals surface area contributed by atoms with Crippen molar-refractivity contribution in [3.05, 3.63) is 77.2 Å². The highest BCUT2D eigenvalue weighted by Crippen LogP contribution is 2.22. The van der Waals surface area contributed by atoms with Crippen molar-refractivity contribution in [2.75, 3.05) is 31.5 Å². The first-order chi connectivity index (χ1) is 21.1. The van der Waals surface area contributed by atoms with E-state index in [1.807, 2.05) is 42.7 Å². The molecule has 3 aromatic rings. The summed E-state index contributed by atoms with van der Waals surface area (Å²) >= 11 is 0. The number of anilines is 1. The lowest BCUT2D eigenvalue weighted by Gasteiger charge is -2.19. The van der Waals surface area contributed by atoms with Crippen molar-refractivity contribution in [2.24, 2.45) is 0 Å². The molecular weight excluding hydrogens is 579 g/mol. The number of imidazole rings is 1. The van der Waals surface area contributed by atoms with E-state index in [1.165, 1.54) is 11.0 Å². The average Bonchev–Trinajstić information content (AvgIpc) is 3.62. The van der Waals surface area contributed by atoms with Crippen LogP contribution < -0.4 is 16.0 Å². The van der Waals surface area contributed by atoms with Gasteiger partial charge in [0, 0.05) is 31.7 Å². The molecule has 0 bridgehead atoms. The first-order valence-corrected chi connectivity index (χ1v) is 15.2. The van der Waals surface area contributed by atoms with Crippen molar-refractivity contribution in [3.8, 4) is 5.69 Å². The number of amides is 1. The number of rotatable bonds is 15. The van der Waals surface area contributed by atoms with E-state index in [9.17, 15) is 26.7 Å². The predicted octanol–water partition coefficient (Wildman–Crippen LogP) is 5.77. The van der Waals surface area contributed by atoms with Crippen LogP contribution in [0.4, 0.5) is 27.8 Å². The SMILES string of the molecule is CCC[C@H](NCCCc1cc(F)cc(F)c1CC)C(=O)Nc1cn(-c2ccccc2CNC2CCN(CC(F)(F)F)C2)cn1. The molecule has 2 heterocycles. The van der Waals surface area contributed by atoms with Gasteiger partial charge in [-0.2, -0.15) is 13.2 Å². The Hall–Kier alpha value is -3.35. The highest BCUT2D eigenvalue weighted by molar-refractivity contribution is 5.94. The van der Waals surface area contributed by atoms with Crippen LogP contribution in [-0.4, -0.2) is 64.8 Å². The fourth-order valence-electron chi connectivity index (χ4n) is 5.74. The second-order valence-corrected chi connectivity index (χ2v) is 11.3. The molecule has 12 heteroatoms. The molecule has 4 rings (SSSR count). The smallest absolute Gasteiger partial charge is 0.309 e. The minimum Gasteiger partial charge on any atom is -0.309 e. The number of hydrogen-bond donors (Lipinski definition) is 3. The number of halogens is 5. The molecular formula is C32H41F5N6O. The van der Waals surface area contributed by atoms with Crippen LogP contribution >= 0.6 is 0 Å². The minimum atomic E-state index is -4.20. The van der Waals surface area contributed by atoms with Crippen LogP contribution in [0.1, 0.15) is 56.2 Å². The maximum atomic E-state index is 14.1. The summed E-state index contributed by atoms with van der Waals surface area (Å²) in [6.07, 6.45) is 2.77. The maximum Gasteiger partial charge on any atom is 0.401 e. The molecule has 2 atom stereocenters. The number of nitrogens with zero attached hydrogens (tertiary/aromatic N) is 3. The first kappa shape index (κ1) is 33.5. The quantitative estimate of drug-likeness (QED) is 0.149. The summed E-state index contributed by atoms with van der Waals surface area (Å²) in [6, 6.07) is 9.46. The number of likely N-dealkylation sites (tertiary alicyclic amines) is 1. The third-order valence-corrected chi connectivity index (χ3v) is 7.87. The summed E-state index contributed by atoms with van der Waals surface area (Å²) in [5, 5.41) is 9.54. The zero-order chi connectivity index (χ0) is 31.7. The Bertz CT molecular complexity index is 1380. The van der Waals surface area contributed by atoms with Gasteiger partial charge in [0.25, 0.3) is 0 Å². The molecule has 1 fully saturated rings. The molecule has 7 nitrogen and oxygen atoms in total. The van der Waals surface area contributed by atoms with E-state index in [2.05, 4.69) is 20.9 Å². The third kappa shape index (κ3) is 9.57. The van der Waals surface area contributed by atoms with Gasteiger partial charge in [-0.3, -0.25) is 9.69 Å². The molecule has 1 aliphatic rings. The number of alkyl halides is 3. The lowest BCUT2D eigenvalue weighted by Crippen LogP contribution is -2.41. The lowest BCUT2D eigenvalue weighted by molar-refractivity contribution is -0.143. The van der Waals surface area contributed by atoms with Crippen molar-refractivity contribution >= 4 is 11.7 Å². The zero-order valence-electron chi connectivity index (χ0n) is 25.2. The van der Waals surface area contributed by atoms with Crippen molar-refractivity contribution in [2.45, 2.75) is 77.2 Å². The molecule has 1 unspecified atom stereocenters. The lowest BCUT2D eigenvalue weighted by atomic mass is 10.00. The Balaban J connectivity index is 1.30. The van der Waals surface area contributed by atoms with E-state index >= 15 is 0 Å². The van der Waals surface area contributed by atoms with Gasteiger partial charge in [0.1, 0.15) is 18.0 Å². The van der Waals surface area contributed by atoms with E-state index < -0.39 is 30.4 Å². The summed E-state index contributed by atoms with van der Waals surface area (Å²) < 4.78 is 67.9. The number of carbonyl (C=O) groups excluding carboxylic acids is 1. The van der Waals surface area contributed by atoms with E-state index in [-0.39, 0.29) is 11.9 Å². The van der Waals surface area contributed by atoms with Crippen LogP contribution in [0.3, 0.4) is 0 Å². The first-order valence-electron chi connectivity index (χ1n) is 15.2. The summed E-state index contributed by atoms with van der Waals surface area (Å²) in [6.45, 7) is 4.67.